The van der Waals surface area contributed by atoms with Gasteiger partial charge in [0.05, 0.1) is 5.60 Å². The van der Waals surface area contributed by atoms with Crippen molar-refractivity contribution in [2.24, 2.45) is 0 Å². The Hall–Kier alpha value is -0.790. The Bertz CT molecular complexity index is 384. The second kappa shape index (κ2) is 3.41. The van der Waals surface area contributed by atoms with Gasteiger partial charge in [-0.3, -0.25) is 0 Å². The summed E-state index contributed by atoms with van der Waals surface area (Å²) >= 11 is 6.08. The Morgan fingerprint density at radius 3 is 2.86 bits per heavy atom. The van der Waals surface area contributed by atoms with E-state index in [0.29, 0.717) is 12.8 Å². The molecule has 0 radical (unpaired) electrons. The van der Waals surface area contributed by atoms with Crippen molar-refractivity contribution in [3.63, 3.8) is 0 Å². The van der Waals surface area contributed by atoms with Gasteiger partial charge in [-0.15, -0.1) is 0 Å². The summed E-state index contributed by atoms with van der Waals surface area (Å²) in [6.45, 7) is 1.99. The van der Waals surface area contributed by atoms with E-state index in [-0.39, 0.29) is 0 Å². The summed E-state index contributed by atoms with van der Waals surface area (Å²) in [6, 6.07) is 7.79. The smallest absolute Gasteiger partial charge is 0.0935 e. The van der Waals surface area contributed by atoms with Crippen LogP contribution in [-0.2, 0) is 5.60 Å². The third-order valence-corrected chi connectivity index (χ3v) is 3.25. The molecule has 0 aliphatic heterocycles. The number of hydrogen-bond donors (Lipinski definition) is 1. The first-order valence-electron chi connectivity index (χ1n) is 4.85. The van der Waals surface area contributed by atoms with E-state index in [1.54, 1.807) is 0 Å². The van der Waals surface area contributed by atoms with Crippen LogP contribution in [0.5, 0.6) is 0 Å². The Morgan fingerprint density at radius 1 is 1.43 bits per heavy atom. The van der Waals surface area contributed by atoms with Crippen molar-refractivity contribution in [2.75, 3.05) is 0 Å². The van der Waals surface area contributed by atoms with Crippen molar-refractivity contribution in [2.45, 2.75) is 25.4 Å². The van der Waals surface area contributed by atoms with Gasteiger partial charge in [0, 0.05) is 11.5 Å². The summed E-state index contributed by atoms with van der Waals surface area (Å²) in [5.74, 6) is 0. The van der Waals surface area contributed by atoms with Crippen molar-refractivity contribution in [1.82, 2.24) is 0 Å². The average Bonchev–Trinajstić information content (AvgIpc) is 2.24. The average molecular weight is 209 g/mol. The Kier molecular flexibility index (Phi) is 2.38. The van der Waals surface area contributed by atoms with Crippen molar-refractivity contribution < 1.29 is 5.11 Å². The first-order chi connectivity index (χ1) is 6.67. The first-order valence-corrected chi connectivity index (χ1v) is 5.23. The molecule has 0 saturated heterocycles. The molecule has 0 bridgehead atoms. The number of rotatable bonds is 1. The van der Waals surface area contributed by atoms with Crippen LogP contribution in [0.4, 0.5) is 0 Å². The summed E-state index contributed by atoms with van der Waals surface area (Å²) in [6.07, 6.45) is 3.22. The van der Waals surface area contributed by atoms with Crippen molar-refractivity contribution in [3.8, 4) is 0 Å². The van der Waals surface area contributed by atoms with Gasteiger partial charge >= 0.3 is 0 Å². The molecule has 1 aromatic rings. The molecule has 1 aliphatic carbocycles. The molecule has 74 valence electrons. The van der Waals surface area contributed by atoms with Gasteiger partial charge in [-0.1, -0.05) is 48.9 Å². The Balaban J connectivity index is 2.60. The molecule has 2 heteroatoms. The highest BCUT2D eigenvalue weighted by Gasteiger charge is 2.31. The Labute approximate surface area is 89.0 Å². The third kappa shape index (κ3) is 1.37. The predicted molar refractivity (Wildman–Crippen MR) is 59.1 cm³/mol. The quantitative estimate of drug-likeness (QED) is 0.751. The van der Waals surface area contributed by atoms with Gasteiger partial charge in [0.25, 0.3) is 0 Å². The van der Waals surface area contributed by atoms with Crippen LogP contribution in [0.25, 0.3) is 5.03 Å². The van der Waals surface area contributed by atoms with E-state index < -0.39 is 5.60 Å². The lowest BCUT2D eigenvalue weighted by atomic mass is 9.81. The summed E-state index contributed by atoms with van der Waals surface area (Å²) in [7, 11) is 0. The van der Waals surface area contributed by atoms with Gasteiger partial charge in [-0.25, -0.2) is 0 Å². The molecule has 1 unspecified atom stereocenters. The van der Waals surface area contributed by atoms with Crippen LogP contribution in [0.15, 0.2) is 30.3 Å². The van der Waals surface area contributed by atoms with Gasteiger partial charge in [-0.2, -0.15) is 0 Å². The largest absolute Gasteiger partial charge is 0.385 e. The van der Waals surface area contributed by atoms with Crippen LogP contribution in [0.3, 0.4) is 0 Å². The Morgan fingerprint density at radius 2 is 2.14 bits per heavy atom. The lowest BCUT2D eigenvalue weighted by molar-refractivity contribution is 0.0342. The molecular formula is C12H13ClO. The van der Waals surface area contributed by atoms with E-state index in [2.05, 4.69) is 0 Å². The molecule has 0 fully saturated rings. The van der Waals surface area contributed by atoms with Gasteiger partial charge in [0.1, 0.15) is 0 Å². The van der Waals surface area contributed by atoms with Crippen LogP contribution in [0.1, 0.15) is 30.9 Å². The third-order valence-electron chi connectivity index (χ3n) is 2.89. The van der Waals surface area contributed by atoms with Crippen LogP contribution in [0, 0.1) is 0 Å². The molecule has 0 aromatic heterocycles. The molecule has 1 nitrogen and oxygen atoms in total. The van der Waals surface area contributed by atoms with Gasteiger partial charge in [0.15, 0.2) is 0 Å². The fourth-order valence-corrected chi connectivity index (χ4v) is 2.15. The minimum absolute atomic E-state index is 0.610. The molecule has 1 aliphatic rings. The highest BCUT2D eigenvalue weighted by atomic mass is 35.5. The number of fused-ring (bicyclic) bond motifs is 1. The normalized spacial score (nSPS) is 25.5. The van der Waals surface area contributed by atoms with Gasteiger partial charge < -0.3 is 5.11 Å². The zero-order valence-corrected chi connectivity index (χ0v) is 8.88. The number of hydrogen-bond acceptors (Lipinski definition) is 1. The lowest BCUT2D eigenvalue weighted by Crippen LogP contribution is -2.27. The van der Waals surface area contributed by atoms with E-state index in [1.807, 2.05) is 37.3 Å². The molecular weight excluding hydrogens is 196 g/mol. The number of benzene rings is 1. The van der Waals surface area contributed by atoms with Crippen LogP contribution < -0.4 is 0 Å². The fraction of sp³-hybridized carbons (Fsp3) is 0.333. The van der Waals surface area contributed by atoms with E-state index in [9.17, 15) is 5.11 Å². The second-order valence-corrected chi connectivity index (χ2v) is 4.09. The SMILES string of the molecule is CCC1(O)CC=C(Cl)c2ccccc21. The zero-order chi connectivity index (χ0) is 10.2. The van der Waals surface area contributed by atoms with Gasteiger partial charge in [0.2, 0.25) is 0 Å². The first kappa shape index (κ1) is 9.75. The molecule has 0 saturated carbocycles. The van der Waals surface area contributed by atoms with E-state index in [1.165, 1.54) is 0 Å². The number of halogens is 1. The van der Waals surface area contributed by atoms with E-state index in [4.69, 9.17) is 11.6 Å². The highest BCUT2D eigenvalue weighted by Crippen LogP contribution is 2.40. The summed E-state index contributed by atoms with van der Waals surface area (Å²) in [5.41, 5.74) is 1.19. The maximum absolute atomic E-state index is 10.3. The minimum Gasteiger partial charge on any atom is -0.385 e. The van der Waals surface area contributed by atoms with E-state index >= 15 is 0 Å². The molecule has 1 aromatic carbocycles. The summed E-state index contributed by atoms with van der Waals surface area (Å²) < 4.78 is 0. The maximum Gasteiger partial charge on any atom is 0.0935 e. The van der Waals surface area contributed by atoms with Crippen LogP contribution >= 0.6 is 11.6 Å². The molecule has 1 N–H and O–H groups in total. The molecule has 14 heavy (non-hydrogen) atoms. The van der Waals surface area contributed by atoms with Crippen molar-refractivity contribution in [1.29, 1.82) is 0 Å². The maximum atomic E-state index is 10.3. The van der Waals surface area contributed by atoms with Crippen molar-refractivity contribution >= 4 is 16.6 Å². The lowest BCUT2D eigenvalue weighted by Gasteiger charge is -2.31. The standard InChI is InChI=1S/C12H13ClO/c1-2-12(14)8-7-11(13)9-5-3-4-6-10(9)12/h3-7,14H,2,8H2,1H3. The predicted octanol–water partition coefficient (Wildman–Crippen LogP) is 3.27. The zero-order valence-electron chi connectivity index (χ0n) is 8.13. The molecule has 2 rings (SSSR count). The number of aliphatic hydroxyl groups is 1. The van der Waals surface area contributed by atoms with Crippen LogP contribution in [0.2, 0.25) is 0 Å². The van der Waals surface area contributed by atoms with E-state index in [0.717, 1.165) is 16.2 Å². The topological polar surface area (TPSA) is 20.2 Å². The fourth-order valence-electron chi connectivity index (χ4n) is 1.91. The molecule has 0 spiro atoms. The molecule has 1 atom stereocenters. The highest BCUT2D eigenvalue weighted by molar-refractivity contribution is 6.49. The second-order valence-electron chi connectivity index (χ2n) is 3.69. The van der Waals surface area contributed by atoms with Crippen molar-refractivity contribution in [3.05, 3.63) is 41.5 Å². The summed E-state index contributed by atoms with van der Waals surface area (Å²) in [4.78, 5) is 0. The minimum atomic E-state index is -0.727. The van der Waals surface area contributed by atoms with Crippen LogP contribution in [-0.4, -0.2) is 5.11 Å². The monoisotopic (exact) mass is 208 g/mol. The molecule has 0 amide bonds. The summed E-state index contributed by atoms with van der Waals surface area (Å²) in [5, 5.41) is 11.1. The van der Waals surface area contributed by atoms with Gasteiger partial charge in [-0.05, 0) is 17.5 Å². The molecule has 0 heterocycles.